The van der Waals surface area contributed by atoms with Crippen LogP contribution in [-0.4, -0.2) is 17.0 Å². The highest BCUT2D eigenvalue weighted by atomic mass is 32.1. The van der Waals surface area contributed by atoms with Crippen molar-refractivity contribution in [1.29, 1.82) is 0 Å². The number of hydrogen-bond donors (Lipinski definition) is 1. The number of aromatic nitrogens is 2. The molecule has 2 heterocycles. The molecule has 0 fully saturated rings. The number of benzene rings is 1. The highest BCUT2D eigenvalue weighted by Crippen LogP contribution is 2.29. The molecule has 0 spiro atoms. The maximum Gasteiger partial charge on any atom is 0.115 e. The number of fused-ring (bicyclic) bond motifs is 1. The minimum atomic E-state index is 0.249. The Morgan fingerprint density at radius 2 is 2.00 bits per heavy atom. The van der Waals surface area contributed by atoms with E-state index in [1.165, 1.54) is 15.6 Å². The number of likely N-dealkylation sites (N-methyl/N-ethyl adjacent to an activating group) is 1. The molecule has 0 aliphatic heterocycles. The molecule has 3 nitrogen and oxygen atoms in total. The highest BCUT2D eigenvalue weighted by Gasteiger charge is 2.13. The van der Waals surface area contributed by atoms with Crippen molar-refractivity contribution in [3.05, 3.63) is 59.5 Å². The first-order chi connectivity index (χ1) is 9.38. The second kappa shape index (κ2) is 5.47. The van der Waals surface area contributed by atoms with Gasteiger partial charge in [0, 0.05) is 28.7 Å². The molecule has 96 valence electrons. The van der Waals surface area contributed by atoms with Gasteiger partial charge in [0.25, 0.3) is 0 Å². The van der Waals surface area contributed by atoms with E-state index in [0.29, 0.717) is 0 Å². The van der Waals surface area contributed by atoms with E-state index in [0.717, 1.165) is 12.0 Å². The average molecular weight is 269 g/mol. The molecule has 0 aliphatic rings. The SMILES string of the molecule is CNC(Cc1csc2ccccc12)c1cncnc1. The van der Waals surface area contributed by atoms with Gasteiger partial charge in [0.2, 0.25) is 0 Å². The molecule has 1 unspecified atom stereocenters. The van der Waals surface area contributed by atoms with Crippen LogP contribution in [0.5, 0.6) is 0 Å². The third-order valence-corrected chi connectivity index (χ3v) is 4.33. The molecular formula is C15H15N3S. The predicted molar refractivity (Wildman–Crippen MR) is 79.4 cm³/mol. The van der Waals surface area contributed by atoms with Crippen LogP contribution < -0.4 is 5.32 Å². The molecule has 1 aromatic carbocycles. The molecular weight excluding hydrogens is 254 g/mol. The fraction of sp³-hybridized carbons (Fsp3) is 0.200. The summed E-state index contributed by atoms with van der Waals surface area (Å²) in [5.74, 6) is 0. The molecule has 0 amide bonds. The third kappa shape index (κ3) is 2.50. The summed E-state index contributed by atoms with van der Waals surface area (Å²) in [5, 5.41) is 6.95. The van der Waals surface area contributed by atoms with Gasteiger partial charge in [0.1, 0.15) is 6.33 Å². The van der Waals surface area contributed by atoms with E-state index in [1.54, 1.807) is 17.7 Å². The Bertz CT molecular complexity index is 663. The maximum absolute atomic E-state index is 4.10. The fourth-order valence-electron chi connectivity index (χ4n) is 2.29. The molecule has 0 aliphatic carbocycles. The van der Waals surface area contributed by atoms with Gasteiger partial charge < -0.3 is 5.32 Å². The van der Waals surface area contributed by atoms with Gasteiger partial charge in [-0.1, -0.05) is 18.2 Å². The second-order valence-electron chi connectivity index (χ2n) is 4.47. The van der Waals surface area contributed by atoms with Gasteiger partial charge in [0.05, 0.1) is 0 Å². The van der Waals surface area contributed by atoms with Crippen LogP contribution in [0.4, 0.5) is 0 Å². The maximum atomic E-state index is 4.10. The predicted octanol–water partition coefficient (Wildman–Crippen LogP) is 3.19. The number of rotatable bonds is 4. The summed E-state index contributed by atoms with van der Waals surface area (Å²) in [6, 6.07) is 8.79. The van der Waals surface area contributed by atoms with Crippen LogP contribution in [-0.2, 0) is 6.42 Å². The zero-order valence-electron chi connectivity index (χ0n) is 10.7. The normalized spacial score (nSPS) is 12.7. The Balaban J connectivity index is 1.91. The summed E-state index contributed by atoms with van der Waals surface area (Å²) in [5.41, 5.74) is 2.50. The Hall–Kier alpha value is -1.78. The van der Waals surface area contributed by atoms with Crippen molar-refractivity contribution < 1.29 is 0 Å². The van der Waals surface area contributed by atoms with Crippen LogP contribution in [0.2, 0.25) is 0 Å². The standard InChI is InChI=1S/C15H15N3S/c1-16-14(12-7-17-10-18-8-12)6-11-9-19-15-5-3-2-4-13(11)15/h2-5,7-10,14,16H,6H2,1H3. The fourth-order valence-corrected chi connectivity index (χ4v) is 3.26. The summed E-state index contributed by atoms with van der Waals surface area (Å²) in [6.45, 7) is 0. The quantitative estimate of drug-likeness (QED) is 0.790. The van der Waals surface area contributed by atoms with E-state index < -0.39 is 0 Å². The Kier molecular flexibility index (Phi) is 3.53. The summed E-state index contributed by atoms with van der Waals surface area (Å²) >= 11 is 1.80. The van der Waals surface area contributed by atoms with Crippen molar-refractivity contribution in [2.75, 3.05) is 7.05 Å². The van der Waals surface area contributed by atoms with E-state index in [2.05, 4.69) is 44.9 Å². The first-order valence-electron chi connectivity index (χ1n) is 6.26. The lowest BCUT2D eigenvalue weighted by Gasteiger charge is -2.15. The topological polar surface area (TPSA) is 37.8 Å². The molecule has 2 aromatic heterocycles. The van der Waals surface area contributed by atoms with Gasteiger partial charge in [-0.2, -0.15) is 0 Å². The van der Waals surface area contributed by atoms with Gasteiger partial charge in [-0.25, -0.2) is 9.97 Å². The van der Waals surface area contributed by atoms with Crippen LogP contribution in [0.25, 0.3) is 10.1 Å². The highest BCUT2D eigenvalue weighted by molar-refractivity contribution is 7.17. The van der Waals surface area contributed by atoms with Crippen molar-refractivity contribution in [3.63, 3.8) is 0 Å². The van der Waals surface area contributed by atoms with Gasteiger partial charge in [-0.3, -0.25) is 0 Å². The van der Waals surface area contributed by atoms with Crippen molar-refractivity contribution in [3.8, 4) is 0 Å². The number of thiophene rings is 1. The second-order valence-corrected chi connectivity index (χ2v) is 5.39. The van der Waals surface area contributed by atoms with E-state index in [9.17, 15) is 0 Å². The molecule has 19 heavy (non-hydrogen) atoms. The summed E-state index contributed by atoms with van der Waals surface area (Å²) in [4.78, 5) is 8.19. The van der Waals surface area contributed by atoms with Gasteiger partial charge in [-0.05, 0) is 35.9 Å². The average Bonchev–Trinajstić information content (AvgIpc) is 2.89. The van der Waals surface area contributed by atoms with Crippen LogP contribution in [0.3, 0.4) is 0 Å². The van der Waals surface area contributed by atoms with E-state index in [1.807, 2.05) is 19.4 Å². The molecule has 1 N–H and O–H groups in total. The first-order valence-corrected chi connectivity index (χ1v) is 7.13. The monoisotopic (exact) mass is 269 g/mol. The molecule has 3 aromatic rings. The lowest BCUT2D eigenvalue weighted by molar-refractivity contribution is 0.590. The minimum Gasteiger partial charge on any atom is -0.313 e. The molecule has 0 saturated heterocycles. The Morgan fingerprint density at radius 1 is 1.21 bits per heavy atom. The molecule has 0 bridgehead atoms. The van der Waals surface area contributed by atoms with E-state index in [4.69, 9.17) is 0 Å². The molecule has 0 saturated carbocycles. The molecule has 1 atom stereocenters. The third-order valence-electron chi connectivity index (χ3n) is 3.32. The minimum absolute atomic E-state index is 0.249. The lowest BCUT2D eigenvalue weighted by atomic mass is 10.0. The number of nitrogens with zero attached hydrogens (tertiary/aromatic N) is 2. The van der Waals surface area contributed by atoms with E-state index >= 15 is 0 Å². The summed E-state index contributed by atoms with van der Waals surface area (Å²) < 4.78 is 1.34. The van der Waals surface area contributed by atoms with Crippen molar-refractivity contribution in [1.82, 2.24) is 15.3 Å². The zero-order chi connectivity index (χ0) is 13.1. The van der Waals surface area contributed by atoms with Gasteiger partial charge >= 0.3 is 0 Å². The molecule has 3 rings (SSSR count). The summed E-state index contributed by atoms with van der Waals surface area (Å²) in [7, 11) is 1.98. The number of hydrogen-bond acceptors (Lipinski definition) is 4. The van der Waals surface area contributed by atoms with Crippen molar-refractivity contribution >= 4 is 21.4 Å². The summed E-state index contributed by atoms with van der Waals surface area (Å²) in [6.07, 6.45) is 6.27. The lowest BCUT2D eigenvalue weighted by Crippen LogP contribution is -2.19. The van der Waals surface area contributed by atoms with Crippen LogP contribution in [0.1, 0.15) is 17.2 Å². The Labute approximate surface area is 116 Å². The Morgan fingerprint density at radius 3 is 2.79 bits per heavy atom. The largest absolute Gasteiger partial charge is 0.313 e. The zero-order valence-corrected chi connectivity index (χ0v) is 11.5. The molecule has 0 radical (unpaired) electrons. The van der Waals surface area contributed by atoms with Gasteiger partial charge in [-0.15, -0.1) is 11.3 Å². The van der Waals surface area contributed by atoms with Crippen LogP contribution in [0, 0.1) is 0 Å². The van der Waals surface area contributed by atoms with Crippen molar-refractivity contribution in [2.45, 2.75) is 12.5 Å². The number of nitrogens with one attached hydrogen (secondary N) is 1. The smallest absolute Gasteiger partial charge is 0.115 e. The van der Waals surface area contributed by atoms with Crippen LogP contribution >= 0.6 is 11.3 Å². The van der Waals surface area contributed by atoms with E-state index in [-0.39, 0.29) is 6.04 Å². The van der Waals surface area contributed by atoms with Gasteiger partial charge in [0.15, 0.2) is 0 Å². The molecule has 4 heteroatoms. The van der Waals surface area contributed by atoms with Crippen molar-refractivity contribution in [2.24, 2.45) is 0 Å². The first kappa shape index (κ1) is 12.3. The van der Waals surface area contributed by atoms with Crippen LogP contribution in [0.15, 0.2) is 48.4 Å².